The van der Waals surface area contributed by atoms with E-state index in [-0.39, 0.29) is 41.7 Å². The van der Waals surface area contributed by atoms with Gasteiger partial charge >= 0.3 is 5.97 Å². The second-order valence-corrected chi connectivity index (χ2v) is 11.1. The minimum atomic E-state index is -3.72. The smallest absolute Gasteiger partial charge is 0.342 e. The summed E-state index contributed by atoms with van der Waals surface area (Å²) in [7, 11) is -2.46. The van der Waals surface area contributed by atoms with E-state index >= 15 is 0 Å². The summed E-state index contributed by atoms with van der Waals surface area (Å²) < 4.78 is 32.8. The van der Waals surface area contributed by atoms with Gasteiger partial charge in [0.05, 0.1) is 17.7 Å². The maximum Gasteiger partial charge on any atom is 0.342 e. The van der Waals surface area contributed by atoms with Crippen LogP contribution in [0, 0.1) is 0 Å². The summed E-state index contributed by atoms with van der Waals surface area (Å²) in [5, 5.41) is 0. The number of ether oxygens (including phenoxy) is 1. The van der Waals surface area contributed by atoms with E-state index in [1.807, 2.05) is 44.2 Å². The summed E-state index contributed by atoms with van der Waals surface area (Å²) in [6.45, 7) is 5.94. The van der Waals surface area contributed by atoms with Crippen LogP contribution in [0.1, 0.15) is 53.2 Å². The first-order valence-electron chi connectivity index (χ1n) is 12.1. The number of rotatable bonds is 6. The van der Waals surface area contributed by atoms with Gasteiger partial charge in [-0.05, 0) is 25.0 Å². The lowest BCUT2D eigenvalue weighted by molar-refractivity contribution is 0.0569. The van der Waals surface area contributed by atoms with E-state index in [1.54, 1.807) is 37.3 Å². The number of carbonyl (C=O) groups excluding carboxylic acids is 2. The van der Waals surface area contributed by atoms with E-state index in [2.05, 4.69) is 9.97 Å². The highest BCUT2D eigenvalue weighted by atomic mass is 32.2. The van der Waals surface area contributed by atoms with Gasteiger partial charge in [-0.15, -0.1) is 0 Å². The van der Waals surface area contributed by atoms with E-state index in [9.17, 15) is 18.0 Å². The summed E-state index contributed by atoms with van der Waals surface area (Å²) in [6.07, 6.45) is 0. The van der Waals surface area contributed by atoms with Gasteiger partial charge in [0.2, 0.25) is 10.0 Å². The summed E-state index contributed by atoms with van der Waals surface area (Å²) >= 11 is 0. The summed E-state index contributed by atoms with van der Waals surface area (Å²) in [5.74, 6) is -1.01. The normalized spacial score (nSPS) is 16.6. The van der Waals surface area contributed by atoms with Gasteiger partial charge < -0.3 is 9.64 Å². The lowest BCUT2D eigenvalue weighted by Gasteiger charge is -2.39. The Bertz CT molecular complexity index is 1400. The molecule has 2 aromatic carbocycles. The predicted molar refractivity (Wildman–Crippen MR) is 139 cm³/mol. The molecule has 4 rings (SSSR count). The van der Waals surface area contributed by atoms with Crippen molar-refractivity contribution in [2.24, 2.45) is 0 Å². The number of carbonyl (C=O) groups is 2. The topological polar surface area (TPSA) is 110 Å². The van der Waals surface area contributed by atoms with Crippen LogP contribution in [-0.4, -0.2) is 72.3 Å². The van der Waals surface area contributed by atoms with Crippen LogP contribution in [0.3, 0.4) is 0 Å². The molecular formula is C27H30N4O5S. The predicted octanol–water partition coefficient (Wildman–Crippen LogP) is 3.59. The molecule has 0 unspecified atom stereocenters. The molecule has 1 atom stereocenters. The van der Waals surface area contributed by atoms with Gasteiger partial charge in [-0.1, -0.05) is 62.4 Å². The highest BCUT2D eigenvalue weighted by Crippen LogP contribution is 2.28. The van der Waals surface area contributed by atoms with E-state index in [0.717, 1.165) is 0 Å². The Kier molecular flexibility index (Phi) is 7.70. The van der Waals surface area contributed by atoms with Crippen LogP contribution in [0.15, 0.2) is 65.6 Å². The van der Waals surface area contributed by atoms with Crippen LogP contribution in [0.25, 0.3) is 11.4 Å². The Balaban J connectivity index is 1.71. The molecule has 194 valence electrons. The number of esters is 1. The number of sulfonamides is 1. The highest BCUT2D eigenvalue weighted by Gasteiger charge is 2.37. The zero-order chi connectivity index (χ0) is 26.7. The molecule has 37 heavy (non-hydrogen) atoms. The first-order chi connectivity index (χ1) is 17.6. The zero-order valence-electron chi connectivity index (χ0n) is 21.3. The zero-order valence-corrected chi connectivity index (χ0v) is 22.1. The lowest BCUT2D eigenvalue weighted by Crippen LogP contribution is -2.55. The van der Waals surface area contributed by atoms with E-state index < -0.39 is 27.9 Å². The van der Waals surface area contributed by atoms with Crippen LogP contribution >= 0.6 is 0 Å². The average molecular weight is 523 g/mol. The van der Waals surface area contributed by atoms with E-state index in [4.69, 9.17) is 4.74 Å². The second-order valence-electron chi connectivity index (χ2n) is 9.20. The third-order valence-electron chi connectivity index (χ3n) is 6.31. The minimum Gasteiger partial charge on any atom is -0.465 e. The third kappa shape index (κ3) is 5.26. The van der Waals surface area contributed by atoms with Crippen LogP contribution < -0.4 is 0 Å². The number of piperazine rings is 1. The largest absolute Gasteiger partial charge is 0.465 e. The number of aromatic nitrogens is 2. The molecule has 1 saturated heterocycles. The molecule has 1 amide bonds. The number of nitrogens with zero attached hydrogens (tertiary/aromatic N) is 4. The van der Waals surface area contributed by atoms with Crippen LogP contribution in [0.4, 0.5) is 0 Å². The Morgan fingerprint density at radius 1 is 0.973 bits per heavy atom. The first kappa shape index (κ1) is 26.4. The van der Waals surface area contributed by atoms with E-state index in [0.29, 0.717) is 17.1 Å². The van der Waals surface area contributed by atoms with Gasteiger partial charge in [-0.25, -0.2) is 23.2 Å². The molecule has 0 aliphatic carbocycles. The molecule has 1 aliphatic rings. The van der Waals surface area contributed by atoms with Crippen molar-refractivity contribution in [1.82, 2.24) is 19.2 Å². The minimum absolute atomic E-state index is 0.0363. The highest BCUT2D eigenvalue weighted by molar-refractivity contribution is 7.89. The van der Waals surface area contributed by atoms with Crippen LogP contribution in [0.5, 0.6) is 0 Å². The average Bonchev–Trinajstić information content (AvgIpc) is 2.92. The lowest BCUT2D eigenvalue weighted by atomic mass is 10.0. The summed E-state index contributed by atoms with van der Waals surface area (Å²) in [4.78, 5) is 37.6. The van der Waals surface area contributed by atoms with Crippen molar-refractivity contribution in [1.29, 1.82) is 0 Å². The number of benzene rings is 2. The molecule has 1 fully saturated rings. The molecule has 1 aromatic heterocycles. The van der Waals surface area contributed by atoms with E-state index in [1.165, 1.54) is 16.3 Å². The summed E-state index contributed by atoms with van der Waals surface area (Å²) in [5.41, 5.74) is 1.12. The SMILES string of the molecule is COC(=O)c1c(C(=O)N2CCN(S(=O)(=O)c3ccccc3)[C@@H](C)C2)nc(-c2ccccc2)nc1C(C)C. The number of hydrogen-bond donors (Lipinski definition) is 0. The molecule has 0 radical (unpaired) electrons. The van der Waals surface area contributed by atoms with Crippen molar-refractivity contribution >= 4 is 21.9 Å². The van der Waals surface area contributed by atoms with Crippen LogP contribution in [-0.2, 0) is 14.8 Å². The van der Waals surface area contributed by atoms with Crippen molar-refractivity contribution < 1.29 is 22.7 Å². The van der Waals surface area contributed by atoms with Crippen molar-refractivity contribution in [2.75, 3.05) is 26.7 Å². The van der Waals surface area contributed by atoms with Gasteiger partial charge in [0.25, 0.3) is 5.91 Å². The Hall–Kier alpha value is -3.63. The maximum absolute atomic E-state index is 13.8. The second kappa shape index (κ2) is 10.8. The fourth-order valence-electron chi connectivity index (χ4n) is 4.43. The Morgan fingerprint density at radius 2 is 1.59 bits per heavy atom. The summed E-state index contributed by atoms with van der Waals surface area (Å²) in [6, 6.07) is 17.0. The monoisotopic (exact) mass is 522 g/mol. The molecule has 0 spiro atoms. The molecular weight excluding hydrogens is 492 g/mol. The molecule has 1 aliphatic heterocycles. The Morgan fingerprint density at radius 3 is 2.16 bits per heavy atom. The van der Waals surface area contributed by atoms with Crippen molar-refractivity contribution in [3.63, 3.8) is 0 Å². The first-order valence-corrected chi connectivity index (χ1v) is 13.5. The quantitative estimate of drug-likeness (QED) is 0.455. The van der Waals surface area contributed by atoms with Crippen LogP contribution in [0.2, 0.25) is 0 Å². The molecule has 9 nitrogen and oxygen atoms in total. The molecule has 0 saturated carbocycles. The maximum atomic E-state index is 13.8. The van der Waals surface area contributed by atoms with Crippen molar-refractivity contribution in [2.45, 2.75) is 37.6 Å². The third-order valence-corrected chi connectivity index (χ3v) is 8.34. The van der Waals surface area contributed by atoms with Gasteiger partial charge in [-0.2, -0.15) is 4.31 Å². The van der Waals surface area contributed by atoms with Crippen molar-refractivity contribution in [3.8, 4) is 11.4 Å². The number of hydrogen-bond acceptors (Lipinski definition) is 7. The van der Waals surface area contributed by atoms with Gasteiger partial charge in [0.1, 0.15) is 11.3 Å². The molecule has 0 bridgehead atoms. The molecule has 2 heterocycles. The molecule has 3 aromatic rings. The Labute approximate surface area is 217 Å². The fourth-order valence-corrected chi connectivity index (χ4v) is 6.06. The standard InChI is InChI=1S/C27H30N4O5S/c1-18(2)23-22(27(33)36-4)24(29-25(28-23)20-11-7-5-8-12-20)26(32)30-15-16-31(19(3)17-30)37(34,35)21-13-9-6-10-14-21/h5-14,18-19H,15-17H2,1-4H3/t19-/m0/s1. The van der Waals surface area contributed by atoms with Gasteiger partial charge in [0, 0.05) is 31.2 Å². The molecule has 10 heteroatoms. The number of amides is 1. The van der Waals surface area contributed by atoms with Gasteiger partial charge in [-0.3, -0.25) is 4.79 Å². The van der Waals surface area contributed by atoms with Crippen molar-refractivity contribution in [3.05, 3.63) is 77.6 Å². The fraction of sp³-hybridized carbons (Fsp3) is 0.333. The molecule has 0 N–H and O–H groups in total. The number of methoxy groups -OCH3 is 1. The van der Waals surface area contributed by atoms with Gasteiger partial charge in [0.15, 0.2) is 5.82 Å².